The lowest BCUT2D eigenvalue weighted by molar-refractivity contribution is -0.142. The average molecular weight is 820 g/mol. The summed E-state index contributed by atoms with van der Waals surface area (Å²) in [6.45, 7) is 7.73. The summed E-state index contributed by atoms with van der Waals surface area (Å²) in [5.41, 5.74) is 0.190. The first kappa shape index (κ1) is 40.9. The molecule has 2 amide bonds. The van der Waals surface area contributed by atoms with Crippen molar-refractivity contribution in [2.75, 3.05) is 13.7 Å². The number of pyridine rings is 1. The van der Waals surface area contributed by atoms with Gasteiger partial charge in [-0.05, 0) is 96.4 Å². The molecule has 14 heteroatoms. The van der Waals surface area contributed by atoms with Crippen molar-refractivity contribution in [1.82, 2.24) is 14.6 Å². The molecule has 0 spiro atoms. The number of Topliss-reactive ketones (excluding diaryl/α,β-unsaturated/α-hetero) is 2. The maximum absolute atomic E-state index is 14.8. The van der Waals surface area contributed by atoms with E-state index in [9.17, 15) is 27.6 Å². The normalized spacial score (nSPS) is 26.2. The Bertz CT molecular complexity index is 2190. The van der Waals surface area contributed by atoms with Crippen LogP contribution in [0.2, 0.25) is 0 Å². The van der Waals surface area contributed by atoms with Crippen LogP contribution in [0.5, 0.6) is 17.4 Å². The Kier molecular flexibility index (Phi) is 11.8. The number of nitrogens with one attached hydrogen (secondary N) is 1. The van der Waals surface area contributed by atoms with E-state index < -0.39 is 44.7 Å². The van der Waals surface area contributed by atoms with Crippen LogP contribution in [-0.4, -0.2) is 78.8 Å². The number of ether oxygens (including phenoxy) is 3. The maximum Gasteiger partial charge on any atom is 0.240 e. The summed E-state index contributed by atoms with van der Waals surface area (Å²) in [4.78, 5) is 64.9. The van der Waals surface area contributed by atoms with E-state index >= 15 is 0 Å². The van der Waals surface area contributed by atoms with Gasteiger partial charge in [0.2, 0.25) is 27.7 Å². The lowest BCUT2D eigenvalue weighted by Gasteiger charge is -2.29. The zero-order valence-electron chi connectivity index (χ0n) is 33.4. The number of methoxy groups -OCH3 is 1. The number of carbonyl (C=O) groups is 4. The summed E-state index contributed by atoms with van der Waals surface area (Å²) in [6, 6.07) is 8.16. The van der Waals surface area contributed by atoms with Gasteiger partial charge < -0.3 is 19.1 Å². The van der Waals surface area contributed by atoms with Crippen molar-refractivity contribution in [1.29, 1.82) is 0 Å². The van der Waals surface area contributed by atoms with Crippen LogP contribution in [0.1, 0.15) is 105 Å². The largest absolute Gasteiger partial charge is 0.496 e. The Morgan fingerprint density at radius 2 is 1.84 bits per heavy atom. The molecular formula is C43H53N3O9S2. The topological polar surface area (TPSA) is 158 Å². The standard InChI is InChI=1S/C43H53N3O9S2/c1-25(2)54-39-21-37(32-16-17-36(53-5)27(4)40(32)44-39)55-30-20-33-35(48)23-43(42(50)45-57(51,52)31-14-15-31)22-29(43)12-10-8-6-7-9-11-28(41(49)46(33)24-30)19-34(47)38-18-13-26(3)56-38/h10,12-13,16-18,21,25,28-31,33H,6-9,11,14-15,19-20,22-24H2,1-5H3,(H,45,50)/b12-10-/t28-,29+,30-,33+,43-/m1/s1. The van der Waals surface area contributed by atoms with Crippen molar-refractivity contribution in [2.45, 2.75) is 122 Å². The molecule has 3 fully saturated rings. The van der Waals surface area contributed by atoms with E-state index in [0.29, 0.717) is 58.8 Å². The van der Waals surface area contributed by atoms with Gasteiger partial charge in [-0.25, -0.2) is 13.4 Å². The van der Waals surface area contributed by atoms with Crippen molar-refractivity contribution in [3.05, 3.63) is 57.8 Å². The van der Waals surface area contributed by atoms with Crippen molar-refractivity contribution >= 4 is 55.6 Å². The molecule has 306 valence electrons. The number of fused-ring (bicyclic) bond motifs is 3. The first-order valence-corrected chi connectivity index (χ1v) is 22.5. The minimum Gasteiger partial charge on any atom is -0.496 e. The van der Waals surface area contributed by atoms with Crippen LogP contribution >= 0.6 is 11.3 Å². The van der Waals surface area contributed by atoms with Crippen molar-refractivity contribution < 1.29 is 41.8 Å². The van der Waals surface area contributed by atoms with Gasteiger partial charge in [0.05, 0.1) is 46.9 Å². The van der Waals surface area contributed by atoms with Crippen molar-refractivity contribution in [3.8, 4) is 17.4 Å². The maximum atomic E-state index is 14.8. The van der Waals surface area contributed by atoms with E-state index in [1.165, 1.54) is 11.3 Å². The van der Waals surface area contributed by atoms with Gasteiger partial charge >= 0.3 is 0 Å². The van der Waals surface area contributed by atoms with Crippen LogP contribution in [0.4, 0.5) is 0 Å². The second-order valence-corrected chi connectivity index (χ2v) is 19.7. The molecule has 2 saturated carbocycles. The quantitative estimate of drug-likeness (QED) is 0.157. The molecule has 4 heterocycles. The van der Waals surface area contributed by atoms with Crippen molar-refractivity contribution in [2.24, 2.45) is 17.3 Å². The Morgan fingerprint density at radius 3 is 2.54 bits per heavy atom. The smallest absolute Gasteiger partial charge is 0.240 e. The third-order valence-corrected chi connectivity index (χ3v) is 14.6. The highest BCUT2D eigenvalue weighted by Gasteiger charge is 2.61. The Hall–Kier alpha value is -4.30. The number of nitrogens with zero attached hydrogens (tertiary/aromatic N) is 2. The van der Waals surface area contributed by atoms with E-state index in [1.807, 2.05) is 58.0 Å². The van der Waals surface area contributed by atoms with Gasteiger partial charge in [-0.2, -0.15) is 0 Å². The first-order valence-electron chi connectivity index (χ1n) is 20.2. The fourth-order valence-electron chi connectivity index (χ4n) is 8.39. The SMILES string of the molecule is COc1ccc2c(O[C@@H]3C[C@H]4C(=O)C[C@]5(C(=O)NS(=O)(=O)C6CC6)C[C@@H]5/C=C\CCCCC[C@H](CC(=O)c5ccc(C)s5)C(=O)N4C3)cc(OC(C)C)nc2c1C. The van der Waals surface area contributed by atoms with Crippen LogP contribution in [0.15, 0.2) is 42.5 Å². The molecule has 12 nitrogen and oxygen atoms in total. The molecule has 5 atom stereocenters. The molecule has 2 aliphatic carbocycles. The number of thiophene rings is 1. The zero-order chi connectivity index (χ0) is 40.6. The number of benzene rings is 1. The van der Waals surface area contributed by atoms with E-state index in [2.05, 4.69) is 4.72 Å². The summed E-state index contributed by atoms with van der Waals surface area (Å²) < 4.78 is 46.5. The van der Waals surface area contributed by atoms with Gasteiger partial charge in [0.25, 0.3) is 0 Å². The van der Waals surface area contributed by atoms with Gasteiger partial charge in [0.15, 0.2) is 11.6 Å². The molecule has 0 bridgehead atoms. The molecule has 3 aromatic rings. The van der Waals surface area contributed by atoms with Gasteiger partial charge in [-0.15, -0.1) is 11.3 Å². The molecule has 1 saturated heterocycles. The Labute approximate surface area is 338 Å². The molecule has 0 radical (unpaired) electrons. The summed E-state index contributed by atoms with van der Waals surface area (Å²) in [7, 11) is -2.26. The number of sulfonamides is 1. The van der Waals surface area contributed by atoms with Gasteiger partial charge in [-0.1, -0.05) is 25.0 Å². The van der Waals surface area contributed by atoms with Crippen LogP contribution in [-0.2, 0) is 24.4 Å². The summed E-state index contributed by atoms with van der Waals surface area (Å²) in [5, 5.41) is 0.115. The van der Waals surface area contributed by atoms with E-state index in [0.717, 1.165) is 36.1 Å². The number of aromatic nitrogens is 1. The van der Waals surface area contributed by atoms with E-state index in [4.69, 9.17) is 19.2 Å². The molecule has 0 unspecified atom stereocenters. The van der Waals surface area contributed by atoms with Gasteiger partial charge in [0.1, 0.15) is 17.6 Å². The lowest BCUT2D eigenvalue weighted by atomic mass is 9.90. The number of ketones is 2. The second-order valence-electron chi connectivity index (χ2n) is 16.5. The van der Waals surface area contributed by atoms with Crippen LogP contribution in [0.3, 0.4) is 0 Å². The predicted octanol–water partition coefficient (Wildman–Crippen LogP) is 7.04. The molecule has 4 aliphatic rings. The molecule has 7 rings (SSSR count). The number of amides is 2. The minimum atomic E-state index is -3.85. The van der Waals surface area contributed by atoms with Crippen LogP contribution < -0.4 is 18.9 Å². The summed E-state index contributed by atoms with van der Waals surface area (Å²) in [5.74, 6) is -0.875. The minimum absolute atomic E-state index is 0.0150. The highest BCUT2D eigenvalue weighted by molar-refractivity contribution is 7.90. The van der Waals surface area contributed by atoms with E-state index in [-0.39, 0.29) is 55.3 Å². The number of allylic oxidation sites excluding steroid dienone is 2. The third-order valence-electron chi connectivity index (χ3n) is 11.8. The fraction of sp³-hybridized carbons (Fsp3) is 0.558. The summed E-state index contributed by atoms with van der Waals surface area (Å²) >= 11 is 1.40. The summed E-state index contributed by atoms with van der Waals surface area (Å²) in [6.07, 6.45) is 8.10. The highest BCUT2D eigenvalue weighted by Crippen LogP contribution is 2.57. The highest BCUT2D eigenvalue weighted by atomic mass is 32.2. The fourth-order valence-corrected chi connectivity index (χ4v) is 10.6. The first-order chi connectivity index (χ1) is 27.2. The third kappa shape index (κ3) is 8.91. The zero-order valence-corrected chi connectivity index (χ0v) is 35.0. The van der Waals surface area contributed by atoms with E-state index in [1.54, 1.807) is 24.1 Å². The molecule has 57 heavy (non-hydrogen) atoms. The number of carbonyl (C=O) groups excluding carboxylic acids is 4. The Balaban J connectivity index is 1.23. The van der Waals surface area contributed by atoms with Gasteiger partial charge in [0, 0.05) is 47.1 Å². The number of rotatable bonds is 11. The van der Waals surface area contributed by atoms with Crippen LogP contribution in [0, 0.1) is 31.1 Å². The molecule has 2 aliphatic heterocycles. The monoisotopic (exact) mass is 819 g/mol. The average Bonchev–Trinajstić information content (AvgIpc) is 4.05. The number of aryl methyl sites for hydroxylation is 2. The molecule has 2 aromatic heterocycles. The second kappa shape index (κ2) is 16.5. The van der Waals surface area contributed by atoms with Crippen LogP contribution in [0.25, 0.3) is 10.9 Å². The Morgan fingerprint density at radius 1 is 1.05 bits per heavy atom. The molecule has 1 N–H and O–H groups in total. The van der Waals surface area contributed by atoms with Crippen molar-refractivity contribution in [3.63, 3.8) is 0 Å². The lowest BCUT2D eigenvalue weighted by Crippen LogP contribution is -2.46. The molecule has 1 aromatic carbocycles. The van der Waals surface area contributed by atoms with Gasteiger partial charge in [-0.3, -0.25) is 23.9 Å². The predicted molar refractivity (Wildman–Crippen MR) is 217 cm³/mol. The number of hydrogen-bond donors (Lipinski definition) is 1. The molecular weight excluding hydrogens is 767 g/mol. The number of hydrogen-bond acceptors (Lipinski definition) is 11.